The number of fused-ring (bicyclic) bond motifs is 1. The molecule has 0 unspecified atom stereocenters. The largest absolute Gasteiger partial charge is 0.468 e. The minimum absolute atomic E-state index is 0.0757. The highest BCUT2D eigenvalue weighted by Gasteiger charge is 2.54. The number of hydrogen-bond acceptors (Lipinski definition) is 7. The van der Waals surface area contributed by atoms with Crippen LogP contribution in [0.2, 0.25) is 0 Å². The lowest BCUT2D eigenvalue weighted by Gasteiger charge is -2.31. The summed E-state index contributed by atoms with van der Waals surface area (Å²) in [7, 11) is 0. The number of rotatable bonds is 5. The molecule has 4 heterocycles. The Labute approximate surface area is 159 Å². The third kappa shape index (κ3) is 3.56. The number of carbonyl (C=O) groups excluding carboxylic acids is 1. The Kier molecular flexibility index (Phi) is 5.11. The maximum atomic E-state index is 13.0. The molecule has 0 N–H and O–H groups in total. The summed E-state index contributed by atoms with van der Waals surface area (Å²) in [6.45, 7) is 6.22. The Morgan fingerprint density at radius 1 is 1.33 bits per heavy atom. The lowest BCUT2D eigenvalue weighted by atomic mass is 9.75. The second-order valence-electron chi connectivity index (χ2n) is 7.42. The van der Waals surface area contributed by atoms with Gasteiger partial charge in [0.25, 0.3) is 0 Å². The summed E-state index contributed by atoms with van der Waals surface area (Å²) in [6.07, 6.45) is 6.99. The Morgan fingerprint density at radius 2 is 2.19 bits per heavy atom. The van der Waals surface area contributed by atoms with Crippen LogP contribution >= 0.6 is 0 Å². The van der Waals surface area contributed by atoms with Crippen molar-refractivity contribution in [2.75, 3.05) is 37.7 Å². The molecule has 27 heavy (non-hydrogen) atoms. The molecule has 0 aliphatic carbocycles. The first-order valence-electron chi connectivity index (χ1n) is 9.65. The van der Waals surface area contributed by atoms with Gasteiger partial charge in [-0.25, -0.2) is 9.97 Å². The van der Waals surface area contributed by atoms with Crippen molar-refractivity contribution in [2.24, 2.45) is 11.3 Å². The van der Waals surface area contributed by atoms with Gasteiger partial charge in [0.15, 0.2) is 0 Å². The number of hydrogen-bond donors (Lipinski definition) is 0. The standard InChI is InChI=1S/C20H26N4O3/c1-2-26-18(25)20-7-4-10-23(14-17-6-3-11-27-17)12-16(20)13-24(15-20)19-21-8-5-9-22-19/h3,5-6,8-9,11,16H,2,4,7,10,12-15H2,1H3/t16-,20-/m0/s1. The maximum absolute atomic E-state index is 13.0. The minimum atomic E-state index is -0.493. The molecule has 0 aromatic carbocycles. The molecule has 2 aliphatic rings. The molecule has 0 saturated carbocycles. The van der Waals surface area contributed by atoms with E-state index in [1.807, 2.05) is 25.1 Å². The molecule has 7 nitrogen and oxygen atoms in total. The zero-order valence-corrected chi connectivity index (χ0v) is 15.7. The van der Waals surface area contributed by atoms with Gasteiger partial charge >= 0.3 is 5.97 Å². The van der Waals surface area contributed by atoms with E-state index in [2.05, 4.69) is 19.8 Å². The molecule has 2 aliphatic heterocycles. The molecule has 2 atom stereocenters. The van der Waals surface area contributed by atoms with E-state index in [1.54, 1.807) is 18.7 Å². The fourth-order valence-corrected chi connectivity index (χ4v) is 4.49. The number of ether oxygens (including phenoxy) is 1. The average Bonchev–Trinajstić information content (AvgIpc) is 3.28. The van der Waals surface area contributed by atoms with E-state index in [0.717, 1.165) is 44.8 Å². The molecule has 7 heteroatoms. The van der Waals surface area contributed by atoms with E-state index in [9.17, 15) is 4.79 Å². The number of anilines is 1. The first-order chi connectivity index (χ1) is 13.2. The molecule has 4 rings (SSSR count). The Hall–Kier alpha value is -2.41. The zero-order valence-electron chi connectivity index (χ0n) is 15.7. The van der Waals surface area contributed by atoms with Crippen molar-refractivity contribution in [3.05, 3.63) is 42.6 Å². The number of furan rings is 1. The van der Waals surface area contributed by atoms with Crippen molar-refractivity contribution in [2.45, 2.75) is 26.3 Å². The maximum Gasteiger partial charge on any atom is 0.314 e. The van der Waals surface area contributed by atoms with Crippen LogP contribution in [0.4, 0.5) is 5.95 Å². The van der Waals surface area contributed by atoms with Crippen molar-refractivity contribution >= 4 is 11.9 Å². The lowest BCUT2D eigenvalue weighted by Crippen LogP contribution is -2.42. The van der Waals surface area contributed by atoms with E-state index >= 15 is 0 Å². The first kappa shape index (κ1) is 18.0. The summed E-state index contributed by atoms with van der Waals surface area (Å²) in [6, 6.07) is 5.73. The molecule has 0 bridgehead atoms. The molecule has 2 aromatic rings. The molecular weight excluding hydrogens is 344 g/mol. The van der Waals surface area contributed by atoms with Crippen LogP contribution in [0.25, 0.3) is 0 Å². The number of carbonyl (C=O) groups is 1. The quantitative estimate of drug-likeness (QED) is 0.748. The van der Waals surface area contributed by atoms with Crippen LogP contribution in [-0.4, -0.2) is 53.6 Å². The predicted octanol–water partition coefficient (Wildman–Crippen LogP) is 2.35. The van der Waals surface area contributed by atoms with Crippen LogP contribution in [0.15, 0.2) is 41.3 Å². The molecule has 2 saturated heterocycles. The summed E-state index contributed by atoms with van der Waals surface area (Å²) >= 11 is 0. The van der Waals surface area contributed by atoms with Crippen molar-refractivity contribution in [3.63, 3.8) is 0 Å². The van der Waals surface area contributed by atoms with Crippen molar-refractivity contribution in [1.29, 1.82) is 0 Å². The smallest absolute Gasteiger partial charge is 0.314 e. The van der Waals surface area contributed by atoms with E-state index < -0.39 is 5.41 Å². The average molecular weight is 370 g/mol. The molecular formula is C20H26N4O3. The van der Waals surface area contributed by atoms with Crippen LogP contribution in [0.3, 0.4) is 0 Å². The van der Waals surface area contributed by atoms with E-state index in [-0.39, 0.29) is 11.9 Å². The van der Waals surface area contributed by atoms with Gasteiger partial charge in [-0.1, -0.05) is 0 Å². The van der Waals surface area contributed by atoms with Gasteiger partial charge in [0, 0.05) is 37.9 Å². The van der Waals surface area contributed by atoms with Gasteiger partial charge in [0.1, 0.15) is 5.76 Å². The summed E-state index contributed by atoms with van der Waals surface area (Å²) in [5, 5.41) is 0. The second kappa shape index (κ2) is 7.68. The highest BCUT2D eigenvalue weighted by molar-refractivity contribution is 5.79. The SMILES string of the molecule is CCOC(=O)[C@]12CCCN(Cc3ccco3)C[C@H]1CN(c1ncccn1)C2. The monoisotopic (exact) mass is 370 g/mol. The van der Waals surface area contributed by atoms with Crippen molar-refractivity contribution < 1.29 is 13.9 Å². The molecule has 0 radical (unpaired) electrons. The third-order valence-corrected chi connectivity index (χ3v) is 5.75. The Morgan fingerprint density at radius 3 is 2.93 bits per heavy atom. The van der Waals surface area contributed by atoms with Crippen molar-refractivity contribution in [1.82, 2.24) is 14.9 Å². The summed E-state index contributed by atoms with van der Waals surface area (Å²) in [4.78, 5) is 26.3. The summed E-state index contributed by atoms with van der Waals surface area (Å²) < 4.78 is 11.0. The van der Waals surface area contributed by atoms with Gasteiger partial charge in [-0.2, -0.15) is 0 Å². The predicted molar refractivity (Wildman–Crippen MR) is 100 cm³/mol. The molecule has 2 aromatic heterocycles. The van der Waals surface area contributed by atoms with E-state index in [1.165, 1.54) is 0 Å². The minimum Gasteiger partial charge on any atom is -0.468 e. The Balaban J connectivity index is 1.58. The highest BCUT2D eigenvalue weighted by atomic mass is 16.5. The number of esters is 1. The van der Waals surface area contributed by atoms with Gasteiger partial charge in [-0.05, 0) is 44.5 Å². The highest BCUT2D eigenvalue weighted by Crippen LogP contribution is 2.44. The molecule has 0 spiro atoms. The number of aromatic nitrogens is 2. The third-order valence-electron chi connectivity index (χ3n) is 5.75. The summed E-state index contributed by atoms with van der Waals surface area (Å²) in [5.74, 6) is 1.75. The van der Waals surface area contributed by atoms with Crippen LogP contribution in [0.5, 0.6) is 0 Å². The number of likely N-dealkylation sites (tertiary alicyclic amines) is 1. The molecule has 0 amide bonds. The van der Waals surface area contributed by atoms with Gasteiger partial charge in [0.05, 0.1) is 24.8 Å². The lowest BCUT2D eigenvalue weighted by molar-refractivity contribution is -0.157. The molecule has 2 fully saturated rings. The topological polar surface area (TPSA) is 71.7 Å². The fraction of sp³-hybridized carbons (Fsp3) is 0.550. The van der Waals surface area contributed by atoms with Gasteiger partial charge < -0.3 is 14.1 Å². The Bertz CT molecular complexity index is 752. The van der Waals surface area contributed by atoms with E-state index in [4.69, 9.17) is 9.15 Å². The first-order valence-corrected chi connectivity index (χ1v) is 9.65. The normalized spacial score (nSPS) is 25.8. The van der Waals surface area contributed by atoms with Crippen LogP contribution in [0.1, 0.15) is 25.5 Å². The summed E-state index contributed by atoms with van der Waals surface area (Å²) in [5.41, 5.74) is -0.493. The van der Waals surface area contributed by atoms with Gasteiger partial charge in [-0.3, -0.25) is 9.69 Å². The molecule has 144 valence electrons. The second-order valence-corrected chi connectivity index (χ2v) is 7.42. The number of nitrogens with zero attached hydrogens (tertiary/aromatic N) is 4. The van der Waals surface area contributed by atoms with Crippen LogP contribution < -0.4 is 4.90 Å². The van der Waals surface area contributed by atoms with E-state index in [0.29, 0.717) is 19.1 Å². The van der Waals surface area contributed by atoms with Crippen molar-refractivity contribution in [3.8, 4) is 0 Å². The fourth-order valence-electron chi connectivity index (χ4n) is 4.49. The van der Waals surface area contributed by atoms with Crippen LogP contribution in [0, 0.1) is 11.3 Å². The zero-order chi connectivity index (χ0) is 18.7. The van der Waals surface area contributed by atoms with Gasteiger partial charge in [0.2, 0.25) is 5.95 Å². The van der Waals surface area contributed by atoms with Gasteiger partial charge in [-0.15, -0.1) is 0 Å². The van der Waals surface area contributed by atoms with Crippen LogP contribution in [-0.2, 0) is 16.1 Å².